The van der Waals surface area contributed by atoms with Gasteiger partial charge in [-0.2, -0.15) is 0 Å². The number of carbonyl (C=O) groups is 3. The van der Waals surface area contributed by atoms with Crippen LogP contribution in [0.3, 0.4) is 0 Å². The molecule has 7 heteroatoms. The number of nitrogens with zero attached hydrogens (tertiary/aromatic N) is 1. The molecule has 3 amide bonds. The van der Waals surface area contributed by atoms with Crippen molar-refractivity contribution in [3.05, 3.63) is 58.6 Å². The van der Waals surface area contributed by atoms with Crippen LogP contribution in [0.5, 0.6) is 0 Å². The molecular weight excluding hydrogens is 366 g/mol. The highest BCUT2D eigenvalue weighted by atomic mass is 35.5. The average molecular weight is 386 g/mol. The smallest absolute Gasteiger partial charge is 0.251 e. The fourth-order valence-corrected chi connectivity index (χ4v) is 3.17. The normalized spacial score (nSPS) is 13.6. The molecule has 0 aliphatic carbocycles. The summed E-state index contributed by atoms with van der Waals surface area (Å²) in [6, 6.07) is 12.1. The number of aryl methyl sites for hydroxylation is 1. The third kappa shape index (κ3) is 4.65. The quantitative estimate of drug-likeness (QED) is 0.829. The first-order valence-electron chi connectivity index (χ1n) is 8.68. The van der Waals surface area contributed by atoms with Gasteiger partial charge in [0, 0.05) is 24.2 Å². The van der Waals surface area contributed by atoms with Gasteiger partial charge in [-0.25, -0.2) is 0 Å². The fourth-order valence-electron chi connectivity index (χ4n) is 2.89. The Labute approximate surface area is 162 Å². The van der Waals surface area contributed by atoms with Crippen molar-refractivity contribution in [2.24, 2.45) is 0 Å². The van der Waals surface area contributed by atoms with E-state index in [0.29, 0.717) is 29.2 Å². The van der Waals surface area contributed by atoms with Crippen LogP contribution in [-0.2, 0) is 9.59 Å². The molecule has 0 atom stereocenters. The van der Waals surface area contributed by atoms with Crippen molar-refractivity contribution < 1.29 is 14.4 Å². The number of hydrogen-bond donors (Lipinski definition) is 2. The molecule has 1 aliphatic rings. The van der Waals surface area contributed by atoms with Crippen LogP contribution in [0.2, 0.25) is 5.02 Å². The molecule has 1 saturated heterocycles. The van der Waals surface area contributed by atoms with E-state index in [0.717, 1.165) is 17.7 Å². The van der Waals surface area contributed by atoms with Crippen molar-refractivity contribution in [1.29, 1.82) is 0 Å². The van der Waals surface area contributed by atoms with E-state index in [2.05, 4.69) is 10.6 Å². The molecule has 0 saturated carbocycles. The summed E-state index contributed by atoms with van der Waals surface area (Å²) >= 11 is 6.08. The van der Waals surface area contributed by atoms with Gasteiger partial charge in [0.25, 0.3) is 5.91 Å². The maximum Gasteiger partial charge on any atom is 0.251 e. The number of carbonyl (C=O) groups excluding carboxylic acids is 3. The Morgan fingerprint density at radius 1 is 1.15 bits per heavy atom. The molecule has 0 bridgehead atoms. The summed E-state index contributed by atoms with van der Waals surface area (Å²) in [4.78, 5) is 37.7. The van der Waals surface area contributed by atoms with Gasteiger partial charge in [-0.3, -0.25) is 14.4 Å². The fraction of sp³-hybridized carbons (Fsp3) is 0.250. The minimum atomic E-state index is -0.367. The average Bonchev–Trinajstić information content (AvgIpc) is 3.08. The van der Waals surface area contributed by atoms with E-state index in [1.165, 1.54) is 0 Å². The lowest BCUT2D eigenvalue weighted by molar-refractivity contribution is -0.117. The summed E-state index contributed by atoms with van der Waals surface area (Å²) in [6.07, 6.45) is 1.41. The van der Waals surface area contributed by atoms with E-state index in [1.54, 1.807) is 41.3 Å². The topological polar surface area (TPSA) is 78.5 Å². The zero-order valence-corrected chi connectivity index (χ0v) is 15.7. The lowest BCUT2D eigenvalue weighted by Crippen LogP contribution is -2.33. The molecule has 1 fully saturated rings. The van der Waals surface area contributed by atoms with Gasteiger partial charge in [0.15, 0.2) is 0 Å². The first kappa shape index (κ1) is 18.9. The molecule has 3 rings (SSSR count). The van der Waals surface area contributed by atoms with E-state index in [-0.39, 0.29) is 24.3 Å². The molecule has 0 spiro atoms. The Hall–Kier alpha value is -2.86. The maximum absolute atomic E-state index is 12.2. The largest absolute Gasteiger partial charge is 0.343 e. The van der Waals surface area contributed by atoms with Crippen LogP contribution in [0, 0.1) is 6.92 Å². The third-order valence-electron chi connectivity index (χ3n) is 4.32. The molecule has 2 N–H and O–H groups in total. The van der Waals surface area contributed by atoms with Gasteiger partial charge in [0.05, 0.1) is 17.3 Å². The van der Waals surface area contributed by atoms with Gasteiger partial charge in [-0.05, 0) is 55.3 Å². The molecule has 0 unspecified atom stereocenters. The first-order valence-corrected chi connectivity index (χ1v) is 9.06. The molecule has 2 aromatic rings. The predicted octanol–water partition coefficient (Wildman–Crippen LogP) is 3.14. The molecule has 6 nitrogen and oxygen atoms in total. The molecule has 0 radical (unpaired) electrons. The number of hydrogen-bond acceptors (Lipinski definition) is 3. The lowest BCUT2D eigenvalue weighted by atomic mass is 10.2. The summed E-state index contributed by atoms with van der Waals surface area (Å²) in [5, 5.41) is 5.68. The SMILES string of the molecule is Cc1ccc(NC(=O)CNC(=O)c2ccc(N3CCCC3=O)cc2)c(Cl)c1. The summed E-state index contributed by atoms with van der Waals surface area (Å²) < 4.78 is 0. The van der Waals surface area contributed by atoms with Gasteiger partial charge in [0.1, 0.15) is 0 Å². The van der Waals surface area contributed by atoms with Gasteiger partial charge in [-0.15, -0.1) is 0 Å². The van der Waals surface area contributed by atoms with Crippen LogP contribution in [0.4, 0.5) is 11.4 Å². The molecule has 2 aromatic carbocycles. The van der Waals surface area contributed by atoms with E-state index in [1.807, 2.05) is 13.0 Å². The van der Waals surface area contributed by atoms with Crippen molar-refractivity contribution in [3.8, 4) is 0 Å². The second-order valence-electron chi connectivity index (χ2n) is 6.41. The van der Waals surface area contributed by atoms with Gasteiger partial charge >= 0.3 is 0 Å². The Kier molecular flexibility index (Phi) is 5.76. The van der Waals surface area contributed by atoms with Crippen molar-refractivity contribution in [2.75, 3.05) is 23.3 Å². The minimum absolute atomic E-state index is 0.0960. The standard InChI is InChI=1S/C20H20ClN3O3/c1-13-4-9-17(16(21)11-13)23-18(25)12-22-20(27)14-5-7-15(8-6-14)24-10-2-3-19(24)26/h4-9,11H,2-3,10,12H2,1H3,(H,22,27)(H,23,25). The highest BCUT2D eigenvalue weighted by Gasteiger charge is 2.21. The number of benzene rings is 2. The van der Waals surface area contributed by atoms with Crippen molar-refractivity contribution >= 4 is 40.7 Å². The second-order valence-corrected chi connectivity index (χ2v) is 6.82. The minimum Gasteiger partial charge on any atom is -0.343 e. The summed E-state index contributed by atoms with van der Waals surface area (Å²) in [5.74, 6) is -0.633. The molecule has 140 valence electrons. The summed E-state index contributed by atoms with van der Waals surface area (Å²) in [5.41, 5.74) is 2.69. The van der Waals surface area contributed by atoms with Crippen molar-refractivity contribution in [1.82, 2.24) is 5.32 Å². The third-order valence-corrected chi connectivity index (χ3v) is 4.64. The first-order chi connectivity index (χ1) is 12.9. The zero-order chi connectivity index (χ0) is 19.4. The Morgan fingerprint density at radius 3 is 2.52 bits per heavy atom. The van der Waals surface area contributed by atoms with E-state index < -0.39 is 0 Å². The van der Waals surface area contributed by atoms with Crippen molar-refractivity contribution in [3.63, 3.8) is 0 Å². The lowest BCUT2D eigenvalue weighted by Gasteiger charge is -2.15. The number of halogens is 1. The molecule has 1 heterocycles. The summed E-state index contributed by atoms with van der Waals surface area (Å²) in [7, 11) is 0. The maximum atomic E-state index is 12.2. The van der Waals surface area contributed by atoms with E-state index in [9.17, 15) is 14.4 Å². The number of rotatable bonds is 5. The van der Waals surface area contributed by atoms with Crippen LogP contribution < -0.4 is 15.5 Å². The molecule has 0 aromatic heterocycles. The van der Waals surface area contributed by atoms with Crippen LogP contribution >= 0.6 is 11.6 Å². The van der Waals surface area contributed by atoms with Crippen molar-refractivity contribution in [2.45, 2.75) is 19.8 Å². The molecule has 1 aliphatic heterocycles. The number of anilines is 2. The second kappa shape index (κ2) is 8.22. The molecule has 27 heavy (non-hydrogen) atoms. The Bertz CT molecular complexity index is 881. The van der Waals surface area contributed by atoms with E-state index >= 15 is 0 Å². The Morgan fingerprint density at radius 2 is 1.89 bits per heavy atom. The zero-order valence-electron chi connectivity index (χ0n) is 14.9. The van der Waals surface area contributed by atoms with Crippen LogP contribution in [0.25, 0.3) is 0 Å². The van der Waals surface area contributed by atoms with Gasteiger partial charge in [-0.1, -0.05) is 17.7 Å². The van der Waals surface area contributed by atoms with E-state index in [4.69, 9.17) is 11.6 Å². The summed E-state index contributed by atoms with van der Waals surface area (Å²) in [6.45, 7) is 2.43. The van der Waals surface area contributed by atoms with Gasteiger partial charge < -0.3 is 15.5 Å². The van der Waals surface area contributed by atoms with Gasteiger partial charge in [0.2, 0.25) is 11.8 Å². The highest BCUT2D eigenvalue weighted by Crippen LogP contribution is 2.23. The molecular formula is C20H20ClN3O3. The number of amides is 3. The monoisotopic (exact) mass is 385 g/mol. The predicted molar refractivity (Wildman–Crippen MR) is 105 cm³/mol. The van der Waals surface area contributed by atoms with Crippen LogP contribution in [-0.4, -0.2) is 30.8 Å². The number of nitrogens with one attached hydrogen (secondary N) is 2. The van der Waals surface area contributed by atoms with Crippen LogP contribution in [0.1, 0.15) is 28.8 Å². The Balaban J connectivity index is 1.54. The van der Waals surface area contributed by atoms with Crippen LogP contribution in [0.15, 0.2) is 42.5 Å². The highest BCUT2D eigenvalue weighted by molar-refractivity contribution is 6.33.